The fraction of sp³-hybridized carbons (Fsp3) is 0.222. The Kier molecular flexibility index (Phi) is 6.54. The van der Waals surface area contributed by atoms with Crippen molar-refractivity contribution in [3.8, 4) is 5.75 Å². The van der Waals surface area contributed by atoms with Gasteiger partial charge in [0.25, 0.3) is 0 Å². The van der Waals surface area contributed by atoms with E-state index in [4.69, 9.17) is 9.88 Å². The molecule has 2 rings (SSSR count). The second-order valence-corrected chi connectivity index (χ2v) is 6.99. The Morgan fingerprint density at radius 2 is 1.83 bits per heavy atom. The van der Waals surface area contributed by atoms with E-state index in [9.17, 15) is 8.42 Å². The van der Waals surface area contributed by atoms with Crippen LogP contribution < -0.4 is 15.2 Å². The largest absolute Gasteiger partial charge is 0.489 e. The molecule has 128 valence electrons. The summed E-state index contributed by atoms with van der Waals surface area (Å²) in [5.74, 6) is 0.881. The zero-order valence-corrected chi connectivity index (χ0v) is 14.3. The standard InChI is InChI=1S/C18H22N2O3S/c1-2-13-23-18-6-4-3-5-16(18)14-20-12-11-15-7-9-17(10-8-15)24(19,21)22/h2-10,20H,1,11-14H2,(H2,19,21,22)/p+1. The third-order valence-corrected chi connectivity index (χ3v) is 4.51. The Morgan fingerprint density at radius 1 is 1.12 bits per heavy atom. The van der Waals surface area contributed by atoms with Crippen molar-refractivity contribution >= 4 is 10.0 Å². The smallest absolute Gasteiger partial charge is 0.238 e. The topological polar surface area (TPSA) is 86.0 Å². The predicted octanol–water partition coefficient (Wildman–Crippen LogP) is 1.20. The number of quaternary nitrogens is 1. The summed E-state index contributed by atoms with van der Waals surface area (Å²) in [5, 5.41) is 7.29. The number of sulfonamides is 1. The van der Waals surface area contributed by atoms with Gasteiger partial charge in [-0.3, -0.25) is 0 Å². The maximum atomic E-state index is 11.2. The minimum atomic E-state index is -3.62. The minimum Gasteiger partial charge on any atom is -0.489 e. The first kappa shape index (κ1) is 18.2. The van der Waals surface area contributed by atoms with Crippen LogP contribution in [-0.2, 0) is 23.0 Å². The third-order valence-electron chi connectivity index (χ3n) is 3.58. The predicted molar refractivity (Wildman–Crippen MR) is 94.1 cm³/mol. The van der Waals surface area contributed by atoms with Gasteiger partial charge in [-0.25, -0.2) is 13.6 Å². The molecule has 0 bridgehead atoms. The lowest BCUT2D eigenvalue weighted by Gasteiger charge is -2.09. The first-order valence-corrected chi connectivity index (χ1v) is 9.30. The van der Waals surface area contributed by atoms with Gasteiger partial charge in [0.2, 0.25) is 10.0 Å². The number of para-hydroxylation sites is 1. The van der Waals surface area contributed by atoms with E-state index in [1.54, 1.807) is 30.3 Å². The molecule has 0 amide bonds. The number of benzene rings is 2. The molecular formula is C18H23N2O3S+. The van der Waals surface area contributed by atoms with Crippen molar-refractivity contribution in [3.05, 3.63) is 72.3 Å². The van der Waals surface area contributed by atoms with Gasteiger partial charge < -0.3 is 10.1 Å². The molecule has 0 heterocycles. The lowest BCUT2D eigenvalue weighted by molar-refractivity contribution is -0.670. The summed E-state index contributed by atoms with van der Waals surface area (Å²) in [5.41, 5.74) is 2.22. The van der Waals surface area contributed by atoms with E-state index in [1.807, 2.05) is 18.2 Å². The molecule has 2 aromatic carbocycles. The maximum Gasteiger partial charge on any atom is 0.238 e. The van der Waals surface area contributed by atoms with Gasteiger partial charge in [-0.2, -0.15) is 0 Å². The number of ether oxygens (including phenoxy) is 1. The highest BCUT2D eigenvalue weighted by Crippen LogP contribution is 2.16. The molecule has 24 heavy (non-hydrogen) atoms. The van der Waals surface area contributed by atoms with Crippen molar-refractivity contribution in [2.45, 2.75) is 17.9 Å². The van der Waals surface area contributed by atoms with Gasteiger partial charge >= 0.3 is 0 Å². The van der Waals surface area contributed by atoms with Crippen molar-refractivity contribution in [2.24, 2.45) is 5.14 Å². The van der Waals surface area contributed by atoms with Crippen molar-refractivity contribution in [1.29, 1.82) is 0 Å². The molecule has 4 N–H and O–H groups in total. The van der Waals surface area contributed by atoms with Crippen LogP contribution in [-0.4, -0.2) is 21.6 Å². The number of primary sulfonamides is 1. The second kappa shape index (κ2) is 8.63. The molecule has 6 heteroatoms. The Balaban J connectivity index is 1.84. The summed E-state index contributed by atoms with van der Waals surface area (Å²) in [4.78, 5) is 0.142. The molecule has 0 saturated carbocycles. The summed E-state index contributed by atoms with van der Waals surface area (Å²) in [7, 11) is -3.62. The summed E-state index contributed by atoms with van der Waals surface area (Å²) in [6.45, 7) is 5.87. The first-order valence-electron chi connectivity index (χ1n) is 7.75. The SMILES string of the molecule is C=CCOc1ccccc1C[NH2+]CCc1ccc(S(N)(=O)=O)cc1. The average molecular weight is 347 g/mol. The van der Waals surface area contributed by atoms with Crippen LogP contribution in [0.4, 0.5) is 0 Å². The molecule has 0 radical (unpaired) electrons. The van der Waals surface area contributed by atoms with E-state index in [1.165, 1.54) is 0 Å². The van der Waals surface area contributed by atoms with E-state index >= 15 is 0 Å². The molecule has 0 saturated heterocycles. The maximum absolute atomic E-state index is 11.2. The minimum absolute atomic E-state index is 0.142. The molecule has 5 nitrogen and oxygen atoms in total. The molecule has 0 fully saturated rings. The molecule has 0 aliphatic carbocycles. The molecule has 0 aromatic heterocycles. The van der Waals surface area contributed by atoms with Crippen LogP contribution in [0.3, 0.4) is 0 Å². The summed E-state index contributed by atoms with van der Waals surface area (Å²) >= 11 is 0. The zero-order valence-electron chi connectivity index (χ0n) is 13.5. The molecule has 0 unspecified atom stereocenters. The fourth-order valence-electron chi connectivity index (χ4n) is 2.33. The second-order valence-electron chi connectivity index (χ2n) is 5.43. The number of hydrogen-bond donors (Lipinski definition) is 2. The van der Waals surface area contributed by atoms with E-state index < -0.39 is 10.0 Å². The lowest BCUT2D eigenvalue weighted by atomic mass is 10.1. The highest BCUT2D eigenvalue weighted by molar-refractivity contribution is 7.89. The highest BCUT2D eigenvalue weighted by atomic mass is 32.2. The van der Waals surface area contributed by atoms with Gasteiger partial charge in [0, 0.05) is 12.0 Å². The van der Waals surface area contributed by atoms with Crippen LogP contribution in [0.5, 0.6) is 5.75 Å². The van der Waals surface area contributed by atoms with Crippen LogP contribution in [0.15, 0.2) is 66.1 Å². The molecule has 0 spiro atoms. The zero-order chi connectivity index (χ0) is 17.4. The van der Waals surface area contributed by atoms with Gasteiger partial charge in [-0.1, -0.05) is 36.9 Å². The highest BCUT2D eigenvalue weighted by Gasteiger charge is 2.07. The van der Waals surface area contributed by atoms with Crippen molar-refractivity contribution < 1.29 is 18.5 Å². The molecule has 0 aliphatic heterocycles. The normalized spacial score (nSPS) is 11.2. The van der Waals surface area contributed by atoms with E-state index in [0.717, 1.165) is 36.4 Å². The van der Waals surface area contributed by atoms with E-state index in [2.05, 4.69) is 18.0 Å². The number of hydrogen-bond acceptors (Lipinski definition) is 3. The van der Waals surface area contributed by atoms with Crippen LogP contribution in [0.1, 0.15) is 11.1 Å². The van der Waals surface area contributed by atoms with Gasteiger partial charge in [-0.05, 0) is 29.8 Å². The quantitative estimate of drug-likeness (QED) is 0.528. The summed E-state index contributed by atoms with van der Waals surface area (Å²) in [6.07, 6.45) is 2.58. The van der Waals surface area contributed by atoms with Gasteiger partial charge in [0.05, 0.1) is 11.4 Å². The number of rotatable bonds is 9. The van der Waals surface area contributed by atoms with Crippen molar-refractivity contribution in [2.75, 3.05) is 13.2 Å². The summed E-state index contributed by atoms with van der Waals surface area (Å²) < 4.78 is 28.1. The van der Waals surface area contributed by atoms with Crippen LogP contribution in [0.25, 0.3) is 0 Å². The molecular weight excluding hydrogens is 324 g/mol. The Labute approximate surface area is 143 Å². The van der Waals surface area contributed by atoms with E-state index in [-0.39, 0.29) is 4.90 Å². The third kappa shape index (κ3) is 5.49. The Bertz CT molecular complexity index is 771. The van der Waals surface area contributed by atoms with Crippen molar-refractivity contribution in [3.63, 3.8) is 0 Å². The molecule has 0 atom stereocenters. The van der Waals surface area contributed by atoms with E-state index in [0.29, 0.717) is 6.61 Å². The molecule has 0 aliphatic rings. The van der Waals surface area contributed by atoms with Crippen molar-refractivity contribution in [1.82, 2.24) is 0 Å². The fourth-order valence-corrected chi connectivity index (χ4v) is 2.85. The van der Waals surface area contributed by atoms with Gasteiger partial charge in [0.1, 0.15) is 18.9 Å². The first-order chi connectivity index (χ1) is 11.5. The summed E-state index contributed by atoms with van der Waals surface area (Å²) in [6, 6.07) is 14.6. The van der Waals surface area contributed by atoms with Gasteiger partial charge in [0.15, 0.2) is 0 Å². The molecule has 2 aromatic rings. The number of nitrogens with two attached hydrogens (primary N) is 2. The lowest BCUT2D eigenvalue weighted by Crippen LogP contribution is -2.83. The van der Waals surface area contributed by atoms with Gasteiger partial charge in [-0.15, -0.1) is 0 Å². The Morgan fingerprint density at radius 3 is 2.50 bits per heavy atom. The Hall–Kier alpha value is -2.15. The van der Waals surface area contributed by atoms with Crippen LogP contribution >= 0.6 is 0 Å². The van der Waals surface area contributed by atoms with Crippen LogP contribution in [0, 0.1) is 0 Å². The monoisotopic (exact) mass is 347 g/mol. The average Bonchev–Trinajstić information content (AvgIpc) is 2.57. The van der Waals surface area contributed by atoms with Crippen LogP contribution in [0.2, 0.25) is 0 Å².